The molecule has 8 nitrogen and oxygen atoms in total. The first kappa shape index (κ1) is 27.2. The Morgan fingerprint density at radius 2 is 1.83 bits per heavy atom. The molecule has 6 rings (SSSR count). The van der Waals surface area contributed by atoms with E-state index in [0.717, 1.165) is 52.7 Å². The molecule has 0 N–H and O–H groups in total. The number of aromatic nitrogens is 5. The summed E-state index contributed by atoms with van der Waals surface area (Å²) in [5, 5.41) is 13.1. The minimum Gasteiger partial charge on any atom is -0.491 e. The topological polar surface area (TPSA) is 84.1 Å². The van der Waals surface area contributed by atoms with Crippen molar-refractivity contribution in [3.05, 3.63) is 77.9 Å². The number of rotatable bonds is 10. The van der Waals surface area contributed by atoms with Gasteiger partial charge in [0.2, 0.25) is 0 Å². The Hall–Kier alpha value is -3.94. The zero-order valence-electron chi connectivity index (χ0n) is 24.2. The van der Waals surface area contributed by atoms with Gasteiger partial charge in [-0.3, -0.25) is 4.68 Å². The van der Waals surface area contributed by atoms with Crippen molar-refractivity contribution < 1.29 is 14.3 Å². The van der Waals surface area contributed by atoms with Crippen LogP contribution >= 0.6 is 0 Å². The summed E-state index contributed by atoms with van der Waals surface area (Å²) < 4.78 is 15.4. The summed E-state index contributed by atoms with van der Waals surface area (Å²) in [6.07, 6.45) is 12.5. The van der Waals surface area contributed by atoms with Crippen LogP contribution in [-0.2, 0) is 11.8 Å². The van der Waals surface area contributed by atoms with Crippen LogP contribution in [0.3, 0.4) is 0 Å². The van der Waals surface area contributed by atoms with Gasteiger partial charge in [-0.05, 0) is 68.0 Å². The summed E-state index contributed by atoms with van der Waals surface area (Å²) in [5.41, 5.74) is 5.35. The molecule has 2 fully saturated rings. The molecule has 3 atom stereocenters. The van der Waals surface area contributed by atoms with Crippen LogP contribution in [-0.4, -0.2) is 43.5 Å². The van der Waals surface area contributed by atoms with E-state index in [9.17, 15) is 4.79 Å². The summed E-state index contributed by atoms with van der Waals surface area (Å²) in [5.74, 6) is 1.63. The van der Waals surface area contributed by atoms with Gasteiger partial charge in [0, 0.05) is 25.1 Å². The van der Waals surface area contributed by atoms with Crippen LogP contribution in [0, 0.1) is 5.92 Å². The van der Waals surface area contributed by atoms with E-state index in [1.165, 1.54) is 32.1 Å². The lowest BCUT2D eigenvalue weighted by molar-refractivity contribution is 0.0525. The fourth-order valence-electron chi connectivity index (χ4n) is 6.38. The lowest BCUT2D eigenvalue weighted by Crippen LogP contribution is -2.18. The van der Waals surface area contributed by atoms with Crippen LogP contribution in [0.4, 0.5) is 0 Å². The minimum absolute atomic E-state index is 0.111. The van der Waals surface area contributed by atoms with Crippen molar-refractivity contribution in [1.29, 1.82) is 0 Å². The van der Waals surface area contributed by atoms with Crippen molar-refractivity contribution in [1.82, 2.24) is 24.8 Å². The van der Waals surface area contributed by atoms with Gasteiger partial charge in [-0.15, -0.1) is 5.10 Å². The molecule has 0 bridgehead atoms. The summed E-state index contributed by atoms with van der Waals surface area (Å²) in [7, 11) is 1.87. The van der Waals surface area contributed by atoms with Gasteiger partial charge in [0.05, 0.1) is 36.0 Å². The van der Waals surface area contributed by atoms with Gasteiger partial charge in [0.25, 0.3) is 0 Å². The fourth-order valence-corrected chi connectivity index (χ4v) is 6.38. The maximum absolute atomic E-state index is 12.9. The molecule has 2 aliphatic carbocycles. The van der Waals surface area contributed by atoms with Gasteiger partial charge in [-0.2, -0.15) is 5.10 Å². The van der Waals surface area contributed by atoms with Gasteiger partial charge in [-0.1, -0.05) is 61.6 Å². The second-order valence-electron chi connectivity index (χ2n) is 11.6. The van der Waals surface area contributed by atoms with Crippen LogP contribution in [0.2, 0.25) is 0 Å². The highest BCUT2D eigenvalue weighted by Gasteiger charge is 2.46. The minimum atomic E-state index is -0.345. The number of esters is 1. The Kier molecular flexibility index (Phi) is 7.90. The third-order valence-corrected chi connectivity index (χ3v) is 8.43. The van der Waals surface area contributed by atoms with Gasteiger partial charge in [0.1, 0.15) is 11.3 Å². The number of benzene rings is 2. The normalized spacial score (nSPS) is 19.6. The van der Waals surface area contributed by atoms with Crippen molar-refractivity contribution in [2.45, 2.75) is 76.7 Å². The molecule has 3 unspecified atom stereocenters. The number of hydrogen-bond acceptors (Lipinski definition) is 6. The molecule has 214 valence electrons. The van der Waals surface area contributed by atoms with Gasteiger partial charge >= 0.3 is 5.97 Å². The summed E-state index contributed by atoms with van der Waals surface area (Å²) in [4.78, 5) is 12.9. The quantitative estimate of drug-likeness (QED) is 0.200. The average Bonchev–Trinajstić information content (AvgIpc) is 3.43. The third-order valence-electron chi connectivity index (χ3n) is 8.43. The molecule has 2 saturated carbocycles. The zero-order valence-corrected chi connectivity index (χ0v) is 24.2. The van der Waals surface area contributed by atoms with Crippen LogP contribution in [0.5, 0.6) is 5.75 Å². The van der Waals surface area contributed by atoms with E-state index >= 15 is 0 Å². The largest absolute Gasteiger partial charge is 0.491 e. The fraction of sp³-hybridized carbons (Fsp3) is 0.455. The van der Waals surface area contributed by atoms with Crippen molar-refractivity contribution in [2.75, 3.05) is 6.61 Å². The number of carbonyl (C=O) groups excluding carboxylic acids is 1. The van der Waals surface area contributed by atoms with E-state index < -0.39 is 0 Å². The van der Waals surface area contributed by atoms with Crippen LogP contribution in [0.1, 0.15) is 92.4 Å². The molecule has 0 spiro atoms. The lowest BCUT2D eigenvalue weighted by atomic mass is 9.85. The number of aryl methyl sites for hydroxylation is 1. The Morgan fingerprint density at radius 1 is 1.05 bits per heavy atom. The first-order valence-electron chi connectivity index (χ1n) is 15.0. The number of hydrogen-bond donors (Lipinski definition) is 0. The van der Waals surface area contributed by atoms with Gasteiger partial charge in [-0.25, -0.2) is 9.48 Å². The van der Waals surface area contributed by atoms with Crippen molar-refractivity contribution in [3.8, 4) is 22.6 Å². The van der Waals surface area contributed by atoms with Crippen LogP contribution < -0.4 is 4.74 Å². The SMILES string of the molecule is CCOC(=O)c1cnn(-c2cccc(-c3cccc(OC(C)CC4CCCCC4)c3)c2)c1C1CC1c1cn(C)nn1. The second-order valence-corrected chi connectivity index (χ2v) is 11.6. The smallest absolute Gasteiger partial charge is 0.341 e. The van der Waals surface area contributed by atoms with E-state index in [4.69, 9.17) is 9.47 Å². The molecular weight excluding hydrogens is 514 g/mol. The molecule has 4 aromatic rings. The van der Waals surface area contributed by atoms with Crippen molar-refractivity contribution >= 4 is 5.97 Å². The first-order valence-corrected chi connectivity index (χ1v) is 15.0. The van der Waals surface area contributed by atoms with Crippen LogP contribution in [0.15, 0.2) is 60.9 Å². The number of ether oxygens (including phenoxy) is 2. The van der Waals surface area contributed by atoms with E-state index in [0.29, 0.717) is 12.2 Å². The molecule has 2 aromatic heterocycles. The van der Waals surface area contributed by atoms with Gasteiger partial charge in [0.15, 0.2) is 0 Å². The summed E-state index contributed by atoms with van der Waals surface area (Å²) in [6.45, 7) is 4.32. The maximum Gasteiger partial charge on any atom is 0.341 e. The Morgan fingerprint density at radius 3 is 2.59 bits per heavy atom. The monoisotopic (exact) mass is 553 g/mol. The highest BCUT2D eigenvalue weighted by Crippen LogP contribution is 2.55. The van der Waals surface area contributed by atoms with Gasteiger partial charge < -0.3 is 9.47 Å². The molecule has 0 aliphatic heterocycles. The summed E-state index contributed by atoms with van der Waals surface area (Å²) >= 11 is 0. The predicted octanol–water partition coefficient (Wildman–Crippen LogP) is 6.85. The molecule has 2 aliphatic rings. The lowest BCUT2D eigenvalue weighted by Gasteiger charge is -2.25. The predicted molar refractivity (Wildman–Crippen MR) is 157 cm³/mol. The van der Waals surface area contributed by atoms with Crippen molar-refractivity contribution in [2.24, 2.45) is 13.0 Å². The Bertz CT molecular complexity index is 1500. The second kappa shape index (κ2) is 11.9. The highest BCUT2D eigenvalue weighted by molar-refractivity contribution is 5.91. The number of nitrogens with zero attached hydrogens (tertiary/aromatic N) is 5. The molecule has 0 radical (unpaired) electrons. The maximum atomic E-state index is 12.9. The van der Waals surface area contributed by atoms with E-state index in [-0.39, 0.29) is 23.9 Å². The first-order chi connectivity index (χ1) is 20.0. The standard InChI is InChI=1S/C33H39N5O3/c1-4-40-33(39)30-20-34-38(32(30)29-19-28(29)31-21-37(3)36-35-31)26-14-8-12-24(17-26)25-13-9-15-27(18-25)41-22(2)16-23-10-6-5-7-11-23/h8-9,12-15,17-18,20-23,28-29H,4-7,10-11,16,19H2,1-3H3. The molecule has 0 amide bonds. The Balaban J connectivity index is 1.26. The third kappa shape index (κ3) is 6.06. The molecule has 2 aromatic carbocycles. The molecule has 41 heavy (non-hydrogen) atoms. The molecule has 8 heteroatoms. The number of carbonyl (C=O) groups is 1. The van der Waals surface area contributed by atoms with Crippen LogP contribution in [0.25, 0.3) is 16.8 Å². The highest BCUT2D eigenvalue weighted by atomic mass is 16.5. The van der Waals surface area contributed by atoms with E-state index in [1.807, 2.05) is 43.0 Å². The zero-order chi connectivity index (χ0) is 28.3. The van der Waals surface area contributed by atoms with E-state index in [2.05, 4.69) is 52.7 Å². The van der Waals surface area contributed by atoms with Crippen molar-refractivity contribution in [3.63, 3.8) is 0 Å². The molecular formula is C33H39N5O3. The molecule has 0 saturated heterocycles. The summed E-state index contributed by atoms with van der Waals surface area (Å²) in [6, 6.07) is 16.6. The molecule has 2 heterocycles. The average molecular weight is 554 g/mol. The Labute approximate surface area is 241 Å². The van der Waals surface area contributed by atoms with E-state index in [1.54, 1.807) is 10.9 Å².